The summed E-state index contributed by atoms with van der Waals surface area (Å²) in [6.45, 7) is 0. The van der Waals surface area contributed by atoms with Crippen LogP contribution in [0.25, 0.3) is 22.4 Å². The zero-order chi connectivity index (χ0) is 12.7. The topological polar surface area (TPSA) is 22.1 Å². The zero-order valence-corrected chi connectivity index (χ0v) is 12.9. The molecule has 2 nitrogen and oxygen atoms in total. The molecule has 2 heterocycles. The Morgan fingerprint density at radius 2 is 1.65 bits per heavy atom. The van der Waals surface area contributed by atoms with Gasteiger partial charge in [-0.15, -0.1) is 24.3 Å². The SMILES string of the molecule is [Ir].[c-]1cccc2c1-c1ncccc1-c1ccccc1O2. The van der Waals surface area contributed by atoms with Crippen LogP contribution in [0.5, 0.6) is 11.5 Å². The minimum absolute atomic E-state index is 0. The number of nitrogens with zero attached hydrogens (tertiary/aromatic N) is 1. The monoisotopic (exact) mass is 437 g/mol. The van der Waals surface area contributed by atoms with Crippen molar-refractivity contribution in [2.75, 3.05) is 0 Å². The van der Waals surface area contributed by atoms with Crippen molar-refractivity contribution in [1.82, 2.24) is 4.98 Å². The fourth-order valence-electron chi connectivity index (χ4n) is 2.41. The van der Waals surface area contributed by atoms with E-state index in [1.165, 1.54) is 0 Å². The summed E-state index contributed by atoms with van der Waals surface area (Å²) in [6, 6.07) is 21.0. The number of benzene rings is 2. The Bertz CT molecular complexity index is 706. The summed E-state index contributed by atoms with van der Waals surface area (Å²) in [7, 11) is 0. The summed E-state index contributed by atoms with van der Waals surface area (Å²) in [5.41, 5.74) is 3.98. The van der Waals surface area contributed by atoms with E-state index < -0.39 is 0 Å². The molecule has 0 amide bonds. The molecule has 0 unspecified atom stereocenters. The summed E-state index contributed by atoms with van der Waals surface area (Å²) < 4.78 is 6.01. The average molecular weight is 436 g/mol. The van der Waals surface area contributed by atoms with Crippen molar-refractivity contribution in [3.8, 4) is 33.9 Å². The first kappa shape index (κ1) is 13.0. The molecular weight excluding hydrogens is 426 g/mol. The fraction of sp³-hybridized carbons (Fsp3) is 0. The van der Waals surface area contributed by atoms with Gasteiger partial charge in [0.15, 0.2) is 0 Å². The molecule has 4 rings (SSSR count). The van der Waals surface area contributed by atoms with Crippen molar-refractivity contribution in [3.63, 3.8) is 0 Å². The summed E-state index contributed by atoms with van der Waals surface area (Å²) in [5, 5.41) is 0. The van der Waals surface area contributed by atoms with Crippen molar-refractivity contribution in [3.05, 3.63) is 66.9 Å². The maximum absolute atomic E-state index is 6.01. The summed E-state index contributed by atoms with van der Waals surface area (Å²) >= 11 is 0. The van der Waals surface area contributed by atoms with Gasteiger partial charge in [-0.25, -0.2) is 0 Å². The first-order valence-corrected chi connectivity index (χ1v) is 6.17. The molecule has 1 aromatic heterocycles. The molecule has 0 N–H and O–H groups in total. The Morgan fingerprint density at radius 1 is 0.850 bits per heavy atom. The van der Waals surface area contributed by atoms with Crippen LogP contribution in [0.2, 0.25) is 0 Å². The third-order valence-electron chi connectivity index (χ3n) is 3.26. The van der Waals surface area contributed by atoms with Crippen LogP contribution in [-0.4, -0.2) is 4.98 Å². The third kappa shape index (κ3) is 1.96. The van der Waals surface area contributed by atoms with Gasteiger partial charge in [-0.05, 0) is 23.4 Å². The molecule has 1 radical (unpaired) electrons. The molecule has 0 aliphatic carbocycles. The molecule has 3 heteroatoms. The fourth-order valence-corrected chi connectivity index (χ4v) is 2.41. The number of hydrogen-bond donors (Lipinski definition) is 0. The normalized spacial score (nSPS) is 11.0. The van der Waals surface area contributed by atoms with E-state index in [9.17, 15) is 0 Å². The van der Waals surface area contributed by atoms with Gasteiger partial charge in [0, 0.05) is 37.6 Å². The van der Waals surface area contributed by atoms with Crippen molar-refractivity contribution in [2.24, 2.45) is 0 Å². The zero-order valence-electron chi connectivity index (χ0n) is 10.5. The molecule has 1 aliphatic heterocycles. The smallest absolute Gasteiger partial charge is 0.121 e. The van der Waals surface area contributed by atoms with Crippen LogP contribution in [0, 0.1) is 6.07 Å². The number of fused-ring (bicyclic) bond motifs is 5. The minimum Gasteiger partial charge on any atom is -0.501 e. The number of pyridine rings is 1. The van der Waals surface area contributed by atoms with Crippen LogP contribution in [-0.2, 0) is 20.1 Å². The Labute approximate surface area is 130 Å². The maximum Gasteiger partial charge on any atom is 0.121 e. The molecule has 1 aliphatic rings. The van der Waals surface area contributed by atoms with E-state index in [2.05, 4.69) is 23.2 Å². The molecule has 0 bridgehead atoms. The summed E-state index contributed by atoms with van der Waals surface area (Å²) in [6.07, 6.45) is 1.80. The van der Waals surface area contributed by atoms with Gasteiger partial charge in [-0.3, -0.25) is 0 Å². The Morgan fingerprint density at radius 3 is 2.60 bits per heavy atom. The van der Waals surface area contributed by atoms with E-state index in [4.69, 9.17) is 4.74 Å². The second-order valence-electron chi connectivity index (χ2n) is 4.41. The van der Waals surface area contributed by atoms with Crippen LogP contribution in [0.15, 0.2) is 60.8 Å². The van der Waals surface area contributed by atoms with Gasteiger partial charge < -0.3 is 9.72 Å². The van der Waals surface area contributed by atoms with Gasteiger partial charge >= 0.3 is 0 Å². The van der Waals surface area contributed by atoms with Gasteiger partial charge in [0.2, 0.25) is 0 Å². The van der Waals surface area contributed by atoms with Crippen LogP contribution < -0.4 is 4.74 Å². The number of para-hydroxylation sites is 1. The van der Waals surface area contributed by atoms with E-state index in [1.54, 1.807) is 6.20 Å². The number of ether oxygens (including phenoxy) is 1. The molecule has 0 saturated heterocycles. The minimum atomic E-state index is 0. The number of aromatic nitrogens is 1. The molecule has 0 atom stereocenters. The van der Waals surface area contributed by atoms with Gasteiger partial charge in [-0.1, -0.05) is 29.8 Å². The predicted molar refractivity (Wildman–Crippen MR) is 74.0 cm³/mol. The molecule has 99 valence electrons. The van der Waals surface area contributed by atoms with Crippen LogP contribution >= 0.6 is 0 Å². The standard InChI is InChI=1S/C17H10NO.Ir/c1-3-9-15-12(6-1)13-8-5-11-18-17(13)14-7-2-4-10-16(14)19-15;/h1-6,8-11H;/q-1;. The van der Waals surface area contributed by atoms with E-state index in [1.807, 2.05) is 42.5 Å². The Balaban J connectivity index is 0.00000121. The third-order valence-corrected chi connectivity index (χ3v) is 3.26. The molecule has 3 aromatic rings. The van der Waals surface area contributed by atoms with Gasteiger partial charge in [0.1, 0.15) is 5.75 Å². The summed E-state index contributed by atoms with van der Waals surface area (Å²) in [4.78, 5) is 4.51. The molecule has 0 spiro atoms. The van der Waals surface area contributed by atoms with E-state index in [-0.39, 0.29) is 20.1 Å². The quantitative estimate of drug-likeness (QED) is 0.383. The second kappa shape index (κ2) is 5.20. The van der Waals surface area contributed by atoms with E-state index in [0.29, 0.717) is 0 Å². The molecule has 0 fully saturated rings. The van der Waals surface area contributed by atoms with E-state index in [0.717, 1.165) is 33.9 Å². The van der Waals surface area contributed by atoms with Crippen LogP contribution in [0.1, 0.15) is 0 Å². The van der Waals surface area contributed by atoms with Gasteiger partial charge in [0.05, 0.1) is 0 Å². The number of hydrogen-bond acceptors (Lipinski definition) is 2. The average Bonchev–Trinajstić information content (AvgIpc) is 2.62. The summed E-state index contributed by atoms with van der Waals surface area (Å²) in [5.74, 6) is 1.66. The van der Waals surface area contributed by atoms with Crippen molar-refractivity contribution >= 4 is 0 Å². The van der Waals surface area contributed by atoms with Crippen molar-refractivity contribution in [1.29, 1.82) is 0 Å². The molecule has 2 aromatic carbocycles. The number of rotatable bonds is 0. The first-order chi connectivity index (χ1) is 9.43. The van der Waals surface area contributed by atoms with Crippen LogP contribution in [0.3, 0.4) is 0 Å². The Kier molecular flexibility index (Phi) is 3.39. The maximum atomic E-state index is 6.01. The van der Waals surface area contributed by atoms with Crippen molar-refractivity contribution < 1.29 is 24.8 Å². The first-order valence-electron chi connectivity index (χ1n) is 6.17. The van der Waals surface area contributed by atoms with Gasteiger partial charge in [0.25, 0.3) is 0 Å². The van der Waals surface area contributed by atoms with Crippen molar-refractivity contribution in [2.45, 2.75) is 0 Å². The Hall–Kier alpha value is -1.96. The largest absolute Gasteiger partial charge is 0.501 e. The van der Waals surface area contributed by atoms with E-state index >= 15 is 0 Å². The second-order valence-corrected chi connectivity index (χ2v) is 4.41. The molecule has 0 saturated carbocycles. The molecular formula is C17H10IrNO-. The van der Waals surface area contributed by atoms with Gasteiger partial charge in [-0.2, -0.15) is 0 Å². The van der Waals surface area contributed by atoms with Crippen LogP contribution in [0.4, 0.5) is 0 Å². The molecule has 20 heavy (non-hydrogen) atoms. The predicted octanol–water partition coefficient (Wildman–Crippen LogP) is 4.32.